The number of hydrogen-bond donors (Lipinski definition) is 0. The van der Waals surface area contributed by atoms with E-state index < -0.39 is 8.07 Å². The summed E-state index contributed by atoms with van der Waals surface area (Å²) in [6, 6.07) is 109. The zero-order valence-electron chi connectivity index (χ0n) is 52.4. The second kappa shape index (κ2) is 22.3. The summed E-state index contributed by atoms with van der Waals surface area (Å²) >= 11 is 1.91. The molecule has 14 aromatic carbocycles. The Hall–Kier alpha value is -11.2. The van der Waals surface area contributed by atoms with Gasteiger partial charge in [0.1, 0.15) is 8.07 Å². The highest BCUT2D eigenvalue weighted by Gasteiger charge is 2.38. The minimum absolute atomic E-state index is 0.892. The molecule has 0 spiro atoms. The van der Waals surface area contributed by atoms with Gasteiger partial charge in [-0.05, 0) is 199 Å². The van der Waals surface area contributed by atoms with E-state index in [0.29, 0.717) is 0 Å². The molecule has 0 atom stereocenters. The molecule has 0 saturated heterocycles. The molecule has 94 heavy (non-hydrogen) atoms. The molecule has 2 aromatic heterocycles. The Morgan fingerprint density at radius 3 is 1.56 bits per heavy atom. The molecule has 1 aliphatic carbocycles. The first-order valence-electron chi connectivity index (χ1n) is 32.7. The van der Waals surface area contributed by atoms with Gasteiger partial charge in [-0.25, -0.2) is 0 Å². The van der Waals surface area contributed by atoms with E-state index in [9.17, 15) is 0 Å². The van der Waals surface area contributed by atoms with E-state index in [1.807, 2.05) is 11.3 Å². The van der Waals surface area contributed by atoms with Crippen molar-refractivity contribution < 1.29 is 0 Å². The average Bonchev–Trinajstić information content (AvgIpc) is 1.56. The van der Waals surface area contributed by atoms with Gasteiger partial charge in [0.15, 0.2) is 0 Å². The molecule has 3 heteroatoms. The minimum atomic E-state index is -2.18. The fraction of sp³-hybridized carbons (Fsp3) is 0.0330. The zero-order valence-corrected chi connectivity index (χ0v) is 54.2. The van der Waals surface area contributed by atoms with Gasteiger partial charge in [0, 0.05) is 36.6 Å². The first-order chi connectivity index (χ1) is 46.2. The highest BCUT2D eigenvalue weighted by Crippen LogP contribution is 2.44. The molecule has 3 heterocycles. The number of nitrogens with zero attached hydrogens (tertiary/aromatic N) is 1. The van der Waals surface area contributed by atoms with E-state index in [0.717, 1.165) is 23.1 Å². The molecular weight excluding hydrogens is 1170 g/mol. The number of benzene rings is 14. The van der Waals surface area contributed by atoms with E-state index in [-0.39, 0.29) is 0 Å². The summed E-state index contributed by atoms with van der Waals surface area (Å²) in [5, 5.41) is 13.2. The standard InChI is InChI=1S/C91H63NSSi/c1-58-16-5-4-6-17-59-18-7-8-19-68(59)52-82(58)66-40-36-62(37-41-66)60-28-32-64(33-29-60)69-45-50-86-84(53-69)85-54-70(65-34-30-61(31-35-65)63-38-42-67(43-39-63)83-55-71-20-9-10-21-74(71)76-22-11-12-23-77(76)83)46-51-87(85)92(86)73-47-49-80-79-48-44-72(56-89(79)94(2,3)90(80)57-73)75-25-15-26-81-78-24-13-14-27-88(78)93-91(75)81/h4-16,18-57H,1,17H2,2-3H3/b6-4-,16-5-,82-52?. The number of aromatic nitrogens is 1. The summed E-state index contributed by atoms with van der Waals surface area (Å²) in [5.74, 6) is 0. The first kappa shape index (κ1) is 55.6. The third-order valence-corrected chi connectivity index (χ3v) is 25.0. The Morgan fingerprint density at radius 2 is 0.883 bits per heavy atom. The van der Waals surface area contributed by atoms with Crippen LogP contribution in [0.1, 0.15) is 16.7 Å². The van der Waals surface area contributed by atoms with Gasteiger partial charge in [0.05, 0.1) is 11.0 Å². The van der Waals surface area contributed by atoms with Crippen LogP contribution in [0.2, 0.25) is 13.1 Å². The predicted octanol–water partition coefficient (Wildman–Crippen LogP) is 24.0. The van der Waals surface area contributed by atoms with E-state index in [1.54, 1.807) is 0 Å². The van der Waals surface area contributed by atoms with Crippen molar-refractivity contribution in [2.75, 3.05) is 0 Å². The quantitative estimate of drug-likeness (QED) is 0.106. The lowest BCUT2D eigenvalue weighted by Gasteiger charge is -2.21. The lowest BCUT2D eigenvalue weighted by molar-refractivity contribution is 1.18. The van der Waals surface area contributed by atoms with Gasteiger partial charge in [-0.15, -0.1) is 11.3 Å². The van der Waals surface area contributed by atoms with Gasteiger partial charge >= 0.3 is 0 Å². The summed E-state index contributed by atoms with van der Waals surface area (Å²) in [6.45, 7) is 9.60. The van der Waals surface area contributed by atoms with Crippen LogP contribution in [0, 0.1) is 0 Å². The Labute approximate surface area is 553 Å². The van der Waals surface area contributed by atoms with Crippen molar-refractivity contribution in [3.05, 3.63) is 344 Å². The molecule has 1 nitrogen and oxygen atoms in total. The van der Waals surface area contributed by atoms with Crippen LogP contribution in [0.5, 0.6) is 0 Å². The first-order valence-corrected chi connectivity index (χ1v) is 36.5. The van der Waals surface area contributed by atoms with Crippen LogP contribution in [-0.4, -0.2) is 12.6 Å². The molecule has 0 amide bonds. The van der Waals surface area contributed by atoms with Crippen molar-refractivity contribution in [2.24, 2.45) is 0 Å². The Bertz CT molecular complexity index is 5890. The van der Waals surface area contributed by atoms with Crippen molar-refractivity contribution in [1.82, 2.24) is 4.57 Å². The second-order valence-corrected chi connectivity index (χ2v) is 31.3. The van der Waals surface area contributed by atoms with Gasteiger partial charge in [0.2, 0.25) is 0 Å². The smallest absolute Gasteiger partial charge is 0.113 e. The largest absolute Gasteiger partial charge is 0.309 e. The second-order valence-electron chi connectivity index (χ2n) is 26.0. The van der Waals surface area contributed by atoms with Crippen molar-refractivity contribution >= 4 is 105 Å². The molecule has 0 N–H and O–H groups in total. The van der Waals surface area contributed by atoms with Crippen LogP contribution in [0.4, 0.5) is 0 Å². The highest BCUT2D eigenvalue weighted by molar-refractivity contribution is 7.26. The summed E-state index contributed by atoms with van der Waals surface area (Å²) < 4.78 is 5.23. The Morgan fingerprint density at radius 1 is 0.362 bits per heavy atom. The molecule has 0 bridgehead atoms. The maximum Gasteiger partial charge on any atom is 0.113 e. The van der Waals surface area contributed by atoms with Gasteiger partial charge in [0.25, 0.3) is 0 Å². The number of thiophene rings is 1. The molecule has 0 saturated carbocycles. The summed E-state index contributed by atoms with van der Waals surface area (Å²) in [5.41, 5.74) is 26.7. The van der Waals surface area contributed by atoms with Crippen LogP contribution >= 0.6 is 11.3 Å². The molecule has 442 valence electrons. The number of allylic oxidation sites excluding steroid dienone is 6. The summed E-state index contributed by atoms with van der Waals surface area (Å²) in [7, 11) is -2.18. The molecule has 0 fully saturated rings. The fourth-order valence-corrected chi connectivity index (χ4v) is 19.6. The summed E-state index contributed by atoms with van der Waals surface area (Å²) in [4.78, 5) is 0. The van der Waals surface area contributed by atoms with E-state index in [2.05, 4.69) is 346 Å². The number of hydrogen-bond acceptors (Lipinski definition) is 1. The normalized spacial score (nSPS) is 14.1. The van der Waals surface area contributed by atoms with Gasteiger partial charge in [-0.2, -0.15) is 0 Å². The Kier molecular flexibility index (Phi) is 13.2. The lowest BCUT2D eigenvalue weighted by atomic mass is 9.92. The third kappa shape index (κ3) is 9.33. The van der Waals surface area contributed by atoms with E-state index >= 15 is 0 Å². The molecule has 0 unspecified atom stereocenters. The predicted molar refractivity (Wildman–Crippen MR) is 409 cm³/mol. The number of fused-ring (bicyclic) bond motifs is 13. The average molecular weight is 1230 g/mol. The zero-order chi connectivity index (χ0) is 62.6. The molecule has 0 radical (unpaired) electrons. The van der Waals surface area contributed by atoms with Gasteiger partial charge < -0.3 is 4.57 Å². The molecule has 18 rings (SSSR count). The SMILES string of the molecule is C=C1/C=C\C=C/Cc2ccccc2C=C1c1ccc(-c2ccc(-c3ccc4c(c3)c3cc(-c5ccc(-c6ccc(-c7cc8ccccc8c8ccccc78)cc6)cc5)ccc3n4-c3ccc4c(c3)[Si](C)(C)c3cc(-c5cccc6c5sc5ccccc56)ccc3-4)cc2)cc1. The van der Waals surface area contributed by atoms with Crippen LogP contribution in [-0.2, 0) is 6.42 Å². The topological polar surface area (TPSA) is 4.93 Å². The van der Waals surface area contributed by atoms with E-state index in [1.165, 1.54) is 169 Å². The van der Waals surface area contributed by atoms with Crippen molar-refractivity contribution in [3.8, 4) is 83.6 Å². The maximum atomic E-state index is 4.50. The molecule has 1 aliphatic heterocycles. The highest BCUT2D eigenvalue weighted by atomic mass is 32.1. The molecule has 2 aliphatic rings. The van der Waals surface area contributed by atoms with Gasteiger partial charge in [-0.1, -0.05) is 287 Å². The lowest BCUT2D eigenvalue weighted by Crippen LogP contribution is -2.49. The van der Waals surface area contributed by atoms with Gasteiger partial charge in [-0.3, -0.25) is 0 Å². The summed E-state index contributed by atoms with van der Waals surface area (Å²) in [6.07, 6.45) is 11.7. The maximum absolute atomic E-state index is 4.50. The molecule has 16 aromatic rings. The van der Waals surface area contributed by atoms with Crippen LogP contribution in [0.15, 0.2) is 328 Å². The number of rotatable bonds is 8. The van der Waals surface area contributed by atoms with E-state index in [4.69, 9.17) is 0 Å². The third-order valence-electron chi connectivity index (χ3n) is 20.2. The van der Waals surface area contributed by atoms with Crippen molar-refractivity contribution in [2.45, 2.75) is 19.5 Å². The van der Waals surface area contributed by atoms with Crippen molar-refractivity contribution in [3.63, 3.8) is 0 Å². The van der Waals surface area contributed by atoms with Crippen molar-refractivity contribution in [1.29, 1.82) is 0 Å². The fourth-order valence-electron chi connectivity index (χ4n) is 15.3. The Balaban J connectivity index is 0.697. The van der Waals surface area contributed by atoms with Crippen LogP contribution < -0.4 is 10.4 Å². The molecular formula is C91H63NSSi. The minimum Gasteiger partial charge on any atom is -0.309 e. The monoisotopic (exact) mass is 1230 g/mol. The van der Waals surface area contributed by atoms with Crippen LogP contribution in [0.3, 0.4) is 0 Å². The van der Waals surface area contributed by atoms with Crippen LogP contribution in [0.25, 0.3) is 159 Å².